The van der Waals surface area contributed by atoms with Gasteiger partial charge in [-0.1, -0.05) is 83.1 Å². The van der Waals surface area contributed by atoms with E-state index in [1.807, 2.05) is 60.7 Å². The predicted molar refractivity (Wildman–Crippen MR) is 149 cm³/mol. The Hall–Kier alpha value is -3.27. The van der Waals surface area contributed by atoms with Crippen LogP contribution in [0.25, 0.3) is 16.8 Å². The van der Waals surface area contributed by atoms with E-state index in [1.165, 1.54) is 51.0 Å². The third-order valence-electron chi connectivity index (χ3n) is 6.08. The van der Waals surface area contributed by atoms with Crippen LogP contribution in [0.4, 0.5) is 0 Å². The zero-order chi connectivity index (χ0) is 25.4. The van der Waals surface area contributed by atoms with Crippen LogP contribution < -0.4 is 14.2 Å². The van der Waals surface area contributed by atoms with Crippen LogP contribution in [-0.2, 0) is 4.79 Å². The minimum Gasteiger partial charge on any atom is -0.494 e. The maximum absolute atomic E-state index is 12.3. The largest absolute Gasteiger partial charge is 0.494 e. The van der Waals surface area contributed by atoms with E-state index in [-0.39, 0.29) is 0 Å². The highest BCUT2D eigenvalue weighted by Crippen LogP contribution is 2.25. The summed E-state index contributed by atoms with van der Waals surface area (Å²) in [4.78, 5) is 12.3. The molecule has 0 N–H and O–H groups in total. The lowest BCUT2D eigenvalue weighted by Crippen LogP contribution is -2.03. The predicted octanol–water partition coefficient (Wildman–Crippen LogP) is 8.77. The first-order valence-electron chi connectivity index (χ1n) is 13.5. The molecule has 0 amide bonds. The van der Waals surface area contributed by atoms with E-state index in [2.05, 4.69) is 13.8 Å². The van der Waals surface area contributed by atoms with Crippen molar-refractivity contribution >= 4 is 22.8 Å². The number of carbonyl (C=O) groups is 1. The SMILES string of the molecule is CCCCCCCCOc1ccc(C=CC(=O)Oc2ccc3cc(OCCCCC)ccc3c2)cc1. The number of rotatable bonds is 16. The van der Waals surface area contributed by atoms with E-state index in [0.29, 0.717) is 5.75 Å². The molecule has 4 heteroatoms. The van der Waals surface area contributed by atoms with E-state index in [4.69, 9.17) is 14.2 Å². The summed E-state index contributed by atoms with van der Waals surface area (Å²) in [6.07, 6.45) is 14.1. The van der Waals surface area contributed by atoms with Crippen LogP contribution in [0.15, 0.2) is 66.7 Å². The van der Waals surface area contributed by atoms with Gasteiger partial charge in [0.05, 0.1) is 13.2 Å². The van der Waals surface area contributed by atoms with E-state index < -0.39 is 5.97 Å². The first kappa shape index (κ1) is 27.3. The molecule has 0 radical (unpaired) electrons. The molecular weight excluding hydrogens is 448 g/mol. The van der Waals surface area contributed by atoms with Crippen molar-refractivity contribution in [1.29, 1.82) is 0 Å². The molecular formula is C32H40O4. The molecule has 0 heterocycles. The highest BCUT2D eigenvalue weighted by Gasteiger charge is 2.04. The zero-order valence-corrected chi connectivity index (χ0v) is 21.8. The molecule has 0 saturated heterocycles. The van der Waals surface area contributed by atoms with Crippen LogP contribution in [0.5, 0.6) is 17.2 Å². The molecule has 0 atom stereocenters. The van der Waals surface area contributed by atoms with Crippen LogP contribution >= 0.6 is 0 Å². The molecule has 0 unspecified atom stereocenters. The number of hydrogen-bond donors (Lipinski definition) is 0. The first-order chi connectivity index (χ1) is 17.7. The smallest absolute Gasteiger partial charge is 0.336 e. The summed E-state index contributed by atoms with van der Waals surface area (Å²) in [5.41, 5.74) is 0.920. The molecule has 0 bridgehead atoms. The van der Waals surface area contributed by atoms with Gasteiger partial charge >= 0.3 is 5.97 Å². The Kier molecular flexibility index (Phi) is 11.9. The van der Waals surface area contributed by atoms with Crippen LogP contribution in [0.2, 0.25) is 0 Å². The van der Waals surface area contributed by atoms with Gasteiger partial charge in [-0.2, -0.15) is 0 Å². The fourth-order valence-electron chi connectivity index (χ4n) is 3.96. The van der Waals surface area contributed by atoms with E-state index in [0.717, 1.165) is 53.9 Å². The van der Waals surface area contributed by atoms with Gasteiger partial charge in [-0.25, -0.2) is 4.79 Å². The Morgan fingerprint density at radius 2 is 1.17 bits per heavy atom. The Balaban J connectivity index is 1.44. The second-order valence-corrected chi connectivity index (χ2v) is 9.17. The van der Waals surface area contributed by atoms with Crippen molar-refractivity contribution < 1.29 is 19.0 Å². The van der Waals surface area contributed by atoms with Crippen molar-refractivity contribution in [2.45, 2.75) is 71.6 Å². The molecule has 36 heavy (non-hydrogen) atoms. The molecule has 0 aliphatic carbocycles. The van der Waals surface area contributed by atoms with Gasteiger partial charge in [0.25, 0.3) is 0 Å². The number of ether oxygens (including phenoxy) is 3. The molecule has 0 fully saturated rings. The van der Waals surface area contributed by atoms with Crippen molar-refractivity contribution in [2.24, 2.45) is 0 Å². The lowest BCUT2D eigenvalue weighted by atomic mass is 10.1. The fraction of sp³-hybridized carbons (Fsp3) is 0.406. The summed E-state index contributed by atoms with van der Waals surface area (Å²) >= 11 is 0. The number of fused-ring (bicyclic) bond motifs is 1. The average Bonchev–Trinajstić information content (AvgIpc) is 2.90. The molecule has 3 aromatic carbocycles. The summed E-state index contributed by atoms with van der Waals surface area (Å²) in [5, 5.41) is 2.05. The van der Waals surface area contributed by atoms with Gasteiger partial charge < -0.3 is 14.2 Å². The van der Waals surface area contributed by atoms with Crippen molar-refractivity contribution in [1.82, 2.24) is 0 Å². The normalized spacial score (nSPS) is 11.2. The van der Waals surface area contributed by atoms with Crippen molar-refractivity contribution in [3.63, 3.8) is 0 Å². The van der Waals surface area contributed by atoms with E-state index in [1.54, 1.807) is 6.08 Å². The third kappa shape index (κ3) is 9.77. The Morgan fingerprint density at radius 3 is 1.89 bits per heavy atom. The van der Waals surface area contributed by atoms with Gasteiger partial charge in [0.2, 0.25) is 0 Å². The van der Waals surface area contributed by atoms with Crippen LogP contribution in [-0.4, -0.2) is 19.2 Å². The number of esters is 1. The molecule has 0 aliphatic heterocycles. The van der Waals surface area contributed by atoms with Crippen LogP contribution in [0.1, 0.15) is 77.2 Å². The zero-order valence-electron chi connectivity index (χ0n) is 21.8. The maximum Gasteiger partial charge on any atom is 0.336 e. The van der Waals surface area contributed by atoms with Gasteiger partial charge in [-0.05, 0) is 71.7 Å². The van der Waals surface area contributed by atoms with Crippen molar-refractivity contribution in [3.8, 4) is 17.2 Å². The third-order valence-corrected chi connectivity index (χ3v) is 6.08. The Morgan fingerprint density at radius 1 is 0.639 bits per heavy atom. The molecule has 0 aromatic heterocycles. The average molecular weight is 489 g/mol. The second-order valence-electron chi connectivity index (χ2n) is 9.17. The van der Waals surface area contributed by atoms with Gasteiger partial charge in [0, 0.05) is 6.08 Å². The monoisotopic (exact) mass is 488 g/mol. The summed E-state index contributed by atoms with van der Waals surface area (Å²) < 4.78 is 17.2. The summed E-state index contributed by atoms with van der Waals surface area (Å²) in [6.45, 7) is 5.89. The molecule has 4 nitrogen and oxygen atoms in total. The maximum atomic E-state index is 12.3. The van der Waals surface area contributed by atoms with E-state index >= 15 is 0 Å². The van der Waals surface area contributed by atoms with Gasteiger partial charge in [-0.3, -0.25) is 0 Å². The van der Waals surface area contributed by atoms with E-state index in [9.17, 15) is 4.79 Å². The molecule has 0 saturated carbocycles. The lowest BCUT2D eigenvalue weighted by Gasteiger charge is -2.08. The topological polar surface area (TPSA) is 44.8 Å². The summed E-state index contributed by atoms with van der Waals surface area (Å²) in [5.74, 6) is 1.83. The minimum atomic E-state index is -0.409. The standard InChI is InChI=1S/C32H40O4/c1-3-5-7-8-9-11-23-34-29-17-12-26(13-18-29)14-21-32(33)36-31-20-16-27-24-30(19-15-28(27)25-31)35-22-10-6-4-2/h12-21,24-25H,3-11,22-23H2,1-2H3. The van der Waals surface area contributed by atoms with Crippen LogP contribution in [0.3, 0.4) is 0 Å². The van der Waals surface area contributed by atoms with Gasteiger partial charge in [0.1, 0.15) is 17.2 Å². The fourth-order valence-corrected chi connectivity index (χ4v) is 3.96. The highest BCUT2D eigenvalue weighted by molar-refractivity contribution is 5.90. The Labute approximate surface area is 216 Å². The summed E-state index contributed by atoms with van der Waals surface area (Å²) in [6, 6.07) is 19.4. The van der Waals surface area contributed by atoms with Crippen molar-refractivity contribution in [3.05, 3.63) is 72.3 Å². The second kappa shape index (κ2) is 15.7. The number of carbonyl (C=O) groups excluding carboxylic acids is 1. The van der Waals surface area contributed by atoms with Gasteiger partial charge in [-0.15, -0.1) is 0 Å². The first-order valence-corrected chi connectivity index (χ1v) is 13.5. The molecule has 0 spiro atoms. The number of hydrogen-bond acceptors (Lipinski definition) is 4. The number of unbranched alkanes of at least 4 members (excludes halogenated alkanes) is 7. The molecule has 192 valence electrons. The Bertz CT molecular complexity index is 1090. The molecule has 3 aromatic rings. The highest BCUT2D eigenvalue weighted by atomic mass is 16.5. The quantitative estimate of drug-likeness (QED) is 0.0875. The van der Waals surface area contributed by atoms with Crippen LogP contribution in [0, 0.1) is 0 Å². The summed E-state index contributed by atoms with van der Waals surface area (Å²) in [7, 11) is 0. The van der Waals surface area contributed by atoms with Crippen molar-refractivity contribution in [2.75, 3.05) is 13.2 Å². The minimum absolute atomic E-state index is 0.409. The lowest BCUT2D eigenvalue weighted by molar-refractivity contribution is -0.128. The molecule has 3 rings (SSSR count). The van der Waals surface area contributed by atoms with Gasteiger partial charge in [0.15, 0.2) is 0 Å². The molecule has 0 aliphatic rings. The number of benzene rings is 3.